The first-order chi connectivity index (χ1) is 8.45. The second-order valence-electron chi connectivity index (χ2n) is 6.85. The van der Waals surface area contributed by atoms with Gasteiger partial charge in [0.1, 0.15) is 0 Å². The zero-order valence-corrected chi connectivity index (χ0v) is 12.0. The first kappa shape index (κ1) is 12.0. The normalized spacial score (nSPS) is 28.1. The van der Waals surface area contributed by atoms with Gasteiger partial charge < -0.3 is 4.90 Å². The summed E-state index contributed by atoms with van der Waals surface area (Å²) < 4.78 is 0. The molecule has 1 aromatic rings. The molecule has 2 aliphatic heterocycles. The molecule has 0 saturated carbocycles. The summed E-state index contributed by atoms with van der Waals surface area (Å²) in [5.74, 6) is 0. The van der Waals surface area contributed by atoms with Crippen molar-refractivity contribution in [3.63, 3.8) is 0 Å². The molecule has 0 spiro atoms. The Morgan fingerprint density at radius 2 is 1.67 bits per heavy atom. The molecule has 2 heterocycles. The minimum absolute atomic E-state index is 0.318. The van der Waals surface area contributed by atoms with Gasteiger partial charge in [0.05, 0.1) is 0 Å². The van der Waals surface area contributed by atoms with Gasteiger partial charge in [0.25, 0.3) is 0 Å². The molecule has 0 radical (unpaired) electrons. The van der Waals surface area contributed by atoms with Gasteiger partial charge in [0.2, 0.25) is 0 Å². The van der Waals surface area contributed by atoms with Crippen LogP contribution in [0.2, 0.25) is 0 Å². The number of fused-ring (bicyclic) bond motifs is 2. The number of piperazine rings is 1. The highest BCUT2D eigenvalue weighted by atomic mass is 15.4. The standard InChI is InChI=1S/C16H24N2/c1-12-5-7-13(8-6-12)17-10-15-9-14(17)11-18(15)16(2,3)4/h5-8,14-15H,9-11H2,1-4H3/t14-,15-/m0/s1. The van der Waals surface area contributed by atoms with Gasteiger partial charge in [-0.2, -0.15) is 0 Å². The number of aryl methyl sites for hydroxylation is 1. The van der Waals surface area contributed by atoms with Crippen molar-refractivity contribution < 1.29 is 0 Å². The van der Waals surface area contributed by atoms with Gasteiger partial charge in [0, 0.05) is 36.4 Å². The van der Waals surface area contributed by atoms with E-state index in [1.54, 1.807) is 0 Å². The lowest BCUT2D eigenvalue weighted by molar-refractivity contribution is 0.113. The molecule has 2 aliphatic rings. The summed E-state index contributed by atoms with van der Waals surface area (Å²) in [5.41, 5.74) is 3.07. The van der Waals surface area contributed by atoms with Crippen LogP contribution in [0.25, 0.3) is 0 Å². The van der Waals surface area contributed by atoms with Gasteiger partial charge in [-0.25, -0.2) is 0 Å². The first-order valence-electron chi connectivity index (χ1n) is 7.05. The van der Waals surface area contributed by atoms with Crippen LogP contribution in [0.4, 0.5) is 5.69 Å². The molecule has 98 valence electrons. The largest absolute Gasteiger partial charge is 0.366 e. The van der Waals surface area contributed by atoms with E-state index >= 15 is 0 Å². The summed E-state index contributed by atoms with van der Waals surface area (Å²) in [7, 11) is 0. The molecule has 2 bridgehead atoms. The van der Waals surface area contributed by atoms with Gasteiger partial charge in [0.15, 0.2) is 0 Å². The third kappa shape index (κ3) is 1.93. The highest BCUT2D eigenvalue weighted by molar-refractivity contribution is 5.51. The molecule has 2 saturated heterocycles. The fraction of sp³-hybridized carbons (Fsp3) is 0.625. The molecule has 1 aromatic carbocycles. The van der Waals surface area contributed by atoms with Gasteiger partial charge in [-0.1, -0.05) is 17.7 Å². The van der Waals surface area contributed by atoms with Crippen molar-refractivity contribution in [3.8, 4) is 0 Å². The van der Waals surface area contributed by atoms with E-state index in [0.717, 1.165) is 12.1 Å². The van der Waals surface area contributed by atoms with E-state index in [2.05, 4.69) is 61.8 Å². The van der Waals surface area contributed by atoms with E-state index in [1.165, 1.54) is 30.8 Å². The van der Waals surface area contributed by atoms with E-state index in [4.69, 9.17) is 0 Å². The van der Waals surface area contributed by atoms with Crippen molar-refractivity contribution in [1.29, 1.82) is 0 Å². The molecule has 2 atom stereocenters. The Bertz CT molecular complexity index is 429. The monoisotopic (exact) mass is 244 g/mol. The molecule has 2 heteroatoms. The lowest BCUT2D eigenvalue weighted by Gasteiger charge is -2.42. The summed E-state index contributed by atoms with van der Waals surface area (Å²) in [4.78, 5) is 5.29. The van der Waals surface area contributed by atoms with Crippen LogP contribution in [0.5, 0.6) is 0 Å². The molecule has 3 rings (SSSR count). The Kier molecular flexibility index (Phi) is 2.67. The highest BCUT2D eigenvalue weighted by Gasteiger charge is 2.46. The van der Waals surface area contributed by atoms with Crippen LogP contribution in [-0.2, 0) is 0 Å². The molecule has 18 heavy (non-hydrogen) atoms. The minimum Gasteiger partial charge on any atom is -0.366 e. The Balaban J connectivity index is 1.76. The second-order valence-corrected chi connectivity index (χ2v) is 6.85. The predicted molar refractivity (Wildman–Crippen MR) is 77.2 cm³/mol. The summed E-state index contributed by atoms with van der Waals surface area (Å²) in [5, 5.41) is 0. The third-order valence-electron chi connectivity index (χ3n) is 4.47. The van der Waals surface area contributed by atoms with E-state index < -0.39 is 0 Å². The van der Waals surface area contributed by atoms with Crippen LogP contribution in [-0.4, -0.2) is 35.6 Å². The maximum Gasteiger partial charge on any atom is 0.0433 e. The number of nitrogens with zero attached hydrogens (tertiary/aromatic N) is 2. The van der Waals surface area contributed by atoms with Gasteiger partial charge >= 0.3 is 0 Å². The van der Waals surface area contributed by atoms with Gasteiger partial charge in [-0.3, -0.25) is 4.90 Å². The van der Waals surface area contributed by atoms with E-state index in [1.807, 2.05) is 0 Å². The molecule has 2 nitrogen and oxygen atoms in total. The van der Waals surface area contributed by atoms with Crippen molar-refractivity contribution in [3.05, 3.63) is 29.8 Å². The van der Waals surface area contributed by atoms with Crippen LogP contribution < -0.4 is 4.90 Å². The van der Waals surface area contributed by atoms with Crippen LogP contribution in [0.15, 0.2) is 24.3 Å². The number of hydrogen-bond donors (Lipinski definition) is 0. The molecule has 0 aliphatic carbocycles. The third-order valence-corrected chi connectivity index (χ3v) is 4.47. The SMILES string of the molecule is Cc1ccc(N2C[C@@H]3C[C@H]2CN3C(C)(C)C)cc1. The van der Waals surface area contributed by atoms with Crippen molar-refractivity contribution in [2.45, 2.75) is 51.7 Å². The van der Waals surface area contributed by atoms with Crippen molar-refractivity contribution >= 4 is 5.69 Å². The maximum atomic E-state index is 2.68. The molecule has 0 amide bonds. The molecular formula is C16H24N2. The predicted octanol–water partition coefficient (Wildman–Crippen LogP) is 3.06. The Labute approximate surface area is 111 Å². The van der Waals surface area contributed by atoms with Crippen molar-refractivity contribution in [2.75, 3.05) is 18.0 Å². The Hall–Kier alpha value is -1.02. The number of hydrogen-bond acceptors (Lipinski definition) is 2. The molecule has 0 aromatic heterocycles. The average molecular weight is 244 g/mol. The molecule has 0 N–H and O–H groups in total. The van der Waals surface area contributed by atoms with Crippen molar-refractivity contribution in [2.24, 2.45) is 0 Å². The van der Waals surface area contributed by atoms with E-state index in [9.17, 15) is 0 Å². The summed E-state index contributed by atoms with van der Waals surface area (Å²) in [6.07, 6.45) is 1.34. The second kappa shape index (κ2) is 3.99. The fourth-order valence-corrected chi connectivity index (χ4v) is 3.54. The van der Waals surface area contributed by atoms with E-state index in [-0.39, 0.29) is 0 Å². The Morgan fingerprint density at radius 3 is 2.17 bits per heavy atom. The summed E-state index contributed by atoms with van der Waals surface area (Å²) in [6.45, 7) is 11.6. The number of anilines is 1. The number of benzene rings is 1. The van der Waals surface area contributed by atoms with Gasteiger partial charge in [-0.05, 0) is 46.2 Å². The zero-order valence-electron chi connectivity index (χ0n) is 12.0. The quantitative estimate of drug-likeness (QED) is 0.749. The number of rotatable bonds is 1. The molecular weight excluding hydrogens is 220 g/mol. The highest BCUT2D eigenvalue weighted by Crippen LogP contribution is 2.38. The smallest absolute Gasteiger partial charge is 0.0433 e. The fourth-order valence-electron chi connectivity index (χ4n) is 3.54. The average Bonchev–Trinajstić information content (AvgIpc) is 2.88. The molecule has 2 fully saturated rings. The van der Waals surface area contributed by atoms with Crippen LogP contribution in [0, 0.1) is 6.92 Å². The maximum absolute atomic E-state index is 2.68. The Morgan fingerprint density at radius 1 is 1.00 bits per heavy atom. The van der Waals surface area contributed by atoms with Crippen LogP contribution >= 0.6 is 0 Å². The van der Waals surface area contributed by atoms with Crippen LogP contribution in [0.1, 0.15) is 32.8 Å². The summed E-state index contributed by atoms with van der Waals surface area (Å²) >= 11 is 0. The van der Waals surface area contributed by atoms with E-state index in [0.29, 0.717) is 5.54 Å². The van der Waals surface area contributed by atoms with Crippen LogP contribution in [0.3, 0.4) is 0 Å². The summed E-state index contributed by atoms with van der Waals surface area (Å²) in [6, 6.07) is 10.5. The number of likely N-dealkylation sites (tertiary alicyclic amines) is 1. The first-order valence-corrected chi connectivity index (χ1v) is 7.05. The minimum atomic E-state index is 0.318. The lowest BCUT2D eigenvalue weighted by Crippen LogP contribution is -2.53. The van der Waals surface area contributed by atoms with Gasteiger partial charge in [-0.15, -0.1) is 0 Å². The zero-order chi connectivity index (χ0) is 12.9. The lowest BCUT2D eigenvalue weighted by atomic mass is 10.0. The topological polar surface area (TPSA) is 6.48 Å². The van der Waals surface area contributed by atoms with Crippen molar-refractivity contribution in [1.82, 2.24) is 4.90 Å². The molecule has 0 unspecified atom stereocenters.